The summed E-state index contributed by atoms with van der Waals surface area (Å²) >= 11 is 1.52. The number of aromatic nitrogens is 5. The molecule has 25 heavy (non-hydrogen) atoms. The van der Waals surface area contributed by atoms with Crippen molar-refractivity contribution >= 4 is 28.2 Å². The highest BCUT2D eigenvalue weighted by Crippen LogP contribution is 2.25. The van der Waals surface area contributed by atoms with Gasteiger partial charge in [-0.15, -0.1) is 11.3 Å². The zero-order valence-electron chi connectivity index (χ0n) is 13.7. The number of hydrogen-bond donors (Lipinski definition) is 1. The van der Waals surface area contributed by atoms with E-state index in [1.807, 2.05) is 24.5 Å². The molecule has 0 bridgehead atoms. The lowest BCUT2D eigenvalue weighted by atomic mass is 9.99. The number of aryl methyl sites for hydroxylation is 1. The fraction of sp³-hybridized carbons (Fsp3) is 0.312. The molecule has 8 nitrogen and oxygen atoms in total. The van der Waals surface area contributed by atoms with Gasteiger partial charge in [-0.05, 0) is 12.5 Å². The van der Waals surface area contributed by atoms with Gasteiger partial charge in [0, 0.05) is 42.6 Å². The Morgan fingerprint density at radius 3 is 2.88 bits per heavy atom. The van der Waals surface area contributed by atoms with Crippen molar-refractivity contribution in [3.05, 3.63) is 41.9 Å². The van der Waals surface area contributed by atoms with Crippen molar-refractivity contribution in [3.63, 3.8) is 0 Å². The van der Waals surface area contributed by atoms with Crippen LogP contribution in [0.4, 0.5) is 10.9 Å². The van der Waals surface area contributed by atoms with E-state index in [4.69, 9.17) is 0 Å². The topological polar surface area (TPSA) is 88.8 Å². The molecule has 0 spiro atoms. The fourth-order valence-electron chi connectivity index (χ4n) is 2.61. The van der Waals surface area contributed by atoms with Crippen LogP contribution < -0.4 is 10.2 Å². The molecule has 1 aliphatic heterocycles. The largest absolute Gasteiger partial charge is 0.355 e. The van der Waals surface area contributed by atoms with Gasteiger partial charge in [-0.1, -0.05) is 6.92 Å². The van der Waals surface area contributed by atoms with Crippen molar-refractivity contribution in [1.29, 1.82) is 0 Å². The highest BCUT2D eigenvalue weighted by atomic mass is 32.1. The third-order valence-corrected chi connectivity index (χ3v) is 5.14. The fourth-order valence-corrected chi connectivity index (χ4v) is 3.36. The van der Waals surface area contributed by atoms with Crippen LogP contribution in [-0.2, 0) is 11.2 Å². The van der Waals surface area contributed by atoms with Crippen LogP contribution >= 0.6 is 11.3 Å². The lowest BCUT2D eigenvalue weighted by Gasteiger charge is -2.38. The summed E-state index contributed by atoms with van der Waals surface area (Å²) in [4.78, 5) is 28.3. The average Bonchev–Trinajstić information content (AvgIpc) is 3.25. The number of rotatable bonds is 5. The number of amides is 1. The number of carbonyl (C=O) groups excluding carboxylic acids is 1. The Labute approximate surface area is 148 Å². The molecular weight excluding hydrogens is 338 g/mol. The smallest absolute Gasteiger partial charge is 0.232 e. The molecule has 4 heterocycles. The van der Waals surface area contributed by atoms with Gasteiger partial charge >= 0.3 is 0 Å². The van der Waals surface area contributed by atoms with Crippen LogP contribution in [-0.4, -0.2) is 43.7 Å². The van der Waals surface area contributed by atoms with Crippen LogP contribution in [0, 0.1) is 5.92 Å². The van der Waals surface area contributed by atoms with Crippen LogP contribution in [0.2, 0.25) is 0 Å². The Morgan fingerprint density at radius 1 is 1.32 bits per heavy atom. The van der Waals surface area contributed by atoms with Crippen molar-refractivity contribution in [2.75, 3.05) is 23.3 Å². The molecule has 1 saturated heterocycles. The molecule has 0 saturated carbocycles. The number of anilines is 2. The van der Waals surface area contributed by atoms with Gasteiger partial charge in [0.2, 0.25) is 5.91 Å². The maximum atomic E-state index is 12.3. The zero-order valence-corrected chi connectivity index (χ0v) is 14.5. The molecule has 4 rings (SSSR count). The van der Waals surface area contributed by atoms with Crippen molar-refractivity contribution < 1.29 is 4.79 Å². The molecule has 0 aliphatic carbocycles. The summed E-state index contributed by atoms with van der Waals surface area (Å²) in [5.74, 6) is 1.46. The van der Waals surface area contributed by atoms with Crippen molar-refractivity contribution in [3.8, 4) is 5.82 Å². The van der Waals surface area contributed by atoms with Crippen molar-refractivity contribution in [2.24, 2.45) is 5.92 Å². The molecule has 3 aromatic heterocycles. The summed E-state index contributed by atoms with van der Waals surface area (Å²) in [6, 6.07) is 3.71. The Balaban J connectivity index is 1.37. The Kier molecular flexibility index (Phi) is 4.14. The summed E-state index contributed by atoms with van der Waals surface area (Å²) in [6.45, 7) is 3.34. The van der Waals surface area contributed by atoms with E-state index in [0.29, 0.717) is 24.0 Å². The van der Waals surface area contributed by atoms with Crippen LogP contribution in [0.5, 0.6) is 0 Å². The van der Waals surface area contributed by atoms with Crippen LogP contribution in [0.1, 0.15) is 11.8 Å². The molecule has 0 unspecified atom stereocenters. The number of hydrogen-bond acceptors (Lipinski definition) is 7. The predicted octanol–water partition coefficient (Wildman–Crippen LogP) is 1.76. The van der Waals surface area contributed by atoms with Gasteiger partial charge in [0.1, 0.15) is 12.1 Å². The summed E-state index contributed by atoms with van der Waals surface area (Å²) in [6.07, 6.45) is 7.79. The van der Waals surface area contributed by atoms with Crippen molar-refractivity contribution in [1.82, 2.24) is 24.7 Å². The standard InChI is InChI=1S/C16H17N7OS/c1-2-12-7-17-16(25-12)21-15(24)11-8-22(9-11)13-6-14(19-10-18-13)23-5-3-4-20-23/h3-7,10-11H,2,8-9H2,1H3,(H,17,21,24). The van der Waals surface area contributed by atoms with E-state index in [9.17, 15) is 4.79 Å². The molecule has 1 N–H and O–H groups in total. The summed E-state index contributed by atoms with van der Waals surface area (Å²) < 4.78 is 1.68. The second kappa shape index (κ2) is 6.60. The Bertz CT molecular complexity index is 870. The second-order valence-corrected chi connectivity index (χ2v) is 6.88. The summed E-state index contributed by atoms with van der Waals surface area (Å²) in [7, 11) is 0. The van der Waals surface area contributed by atoms with Gasteiger partial charge in [-0.25, -0.2) is 19.6 Å². The molecule has 0 radical (unpaired) electrons. The number of nitrogens with zero attached hydrogens (tertiary/aromatic N) is 6. The molecule has 9 heteroatoms. The van der Waals surface area contributed by atoms with Gasteiger partial charge in [0.05, 0.1) is 5.92 Å². The lowest BCUT2D eigenvalue weighted by Crippen LogP contribution is -2.52. The van der Waals surface area contributed by atoms with Gasteiger partial charge in [-0.3, -0.25) is 4.79 Å². The second-order valence-electron chi connectivity index (χ2n) is 5.76. The maximum absolute atomic E-state index is 12.3. The van der Waals surface area contributed by atoms with E-state index in [0.717, 1.165) is 17.1 Å². The van der Waals surface area contributed by atoms with Crippen LogP contribution in [0.15, 0.2) is 37.1 Å². The normalized spacial score (nSPS) is 14.4. The molecular formula is C16H17N7OS. The van der Waals surface area contributed by atoms with E-state index in [1.165, 1.54) is 17.7 Å². The third-order valence-electron chi connectivity index (χ3n) is 4.09. The first-order valence-electron chi connectivity index (χ1n) is 8.05. The summed E-state index contributed by atoms with van der Waals surface area (Å²) in [5, 5.41) is 7.74. The van der Waals surface area contributed by atoms with E-state index >= 15 is 0 Å². The van der Waals surface area contributed by atoms with E-state index in [1.54, 1.807) is 10.9 Å². The van der Waals surface area contributed by atoms with Crippen LogP contribution in [0.25, 0.3) is 5.82 Å². The van der Waals surface area contributed by atoms with Gasteiger partial charge in [0.15, 0.2) is 10.9 Å². The number of nitrogens with one attached hydrogen (secondary N) is 1. The number of carbonyl (C=O) groups is 1. The van der Waals surface area contributed by atoms with E-state index < -0.39 is 0 Å². The monoisotopic (exact) mass is 355 g/mol. The van der Waals surface area contributed by atoms with Crippen LogP contribution in [0.3, 0.4) is 0 Å². The highest BCUT2D eigenvalue weighted by Gasteiger charge is 2.34. The average molecular weight is 355 g/mol. The van der Waals surface area contributed by atoms with Gasteiger partial charge in [0.25, 0.3) is 0 Å². The molecule has 3 aromatic rings. The molecule has 128 valence electrons. The minimum absolute atomic E-state index is 0.00890. The number of thiazole rings is 1. The zero-order chi connectivity index (χ0) is 17.2. The quantitative estimate of drug-likeness (QED) is 0.750. The van der Waals surface area contributed by atoms with E-state index in [2.05, 4.69) is 37.2 Å². The first-order valence-corrected chi connectivity index (χ1v) is 8.87. The third kappa shape index (κ3) is 3.22. The molecule has 0 aromatic carbocycles. The van der Waals surface area contributed by atoms with Crippen molar-refractivity contribution in [2.45, 2.75) is 13.3 Å². The Morgan fingerprint density at radius 2 is 2.16 bits per heavy atom. The molecule has 1 fully saturated rings. The predicted molar refractivity (Wildman–Crippen MR) is 95.0 cm³/mol. The molecule has 1 aliphatic rings. The first-order chi connectivity index (χ1) is 12.2. The Hall–Kier alpha value is -2.81. The molecule has 0 atom stereocenters. The minimum Gasteiger partial charge on any atom is -0.355 e. The summed E-state index contributed by atoms with van der Waals surface area (Å²) in [5.41, 5.74) is 0. The molecule has 1 amide bonds. The maximum Gasteiger partial charge on any atom is 0.232 e. The van der Waals surface area contributed by atoms with Gasteiger partial charge < -0.3 is 10.2 Å². The van der Waals surface area contributed by atoms with E-state index in [-0.39, 0.29) is 11.8 Å². The minimum atomic E-state index is -0.0582. The SMILES string of the molecule is CCc1cnc(NC(=O)C2CN(c3cc(-n4cccn4)ncn3)C2)s1. The highest BCUT2D eigenvalue weighted by molar-refractivity contribution is 7.15. The lowest BCUT2D eigenvalue weighted by molar-refractivity contribution is -0.120. The van der Waals surface area contributed by atoms with Gasteiger partial charge in [-0.2, -0.15) is 5.10 Å². The first kappa shape index (κ1) is 15.7.